The third-order valence-corrected chi connectivity index (χ3v) is 4.61. The molecule has 0 aliphatic rings. The number of ether oxygens (including phenoxy) is 1. The van der Waals surface area contributed by atoms with E-state index in [0.717, 1.165) is 51.6 Å². The lowest BCUT2D eigenvalue weighted by atomic mass is 10.0. The Bertz CT molecular complexity index is 1050. The second kappa shape index (κ2) is 6.37. The third kappa shape index (κ3) is 2.94. The molecule has 0 atom stereocenters. The van der Waals surface area contributed by atoms with E-state index in [9.17, 15) is 0 Å². The number of hydrogen-bond acceptors (Lipinski definition) is 4. The quantitative estimate of drug-likeness (QED) is 0.493. The Morgan fingerprint density at radius 1 is 1.08 bits per heavy atom. The highest BCUT2D eigenvalue weighted by atomic mass is 16.5. The zero-order chi connectivity index (χ0) is 17.4. The third-order valence-electron chi connectivity index (χ3n) is 4.61. The largest absolute Gasteiger partial charge is 0.494 e. The first-order valence-corrected chi connectivity index (χ1v) is 8.60. The Balaban J connectivity index is 1.75. The summed E-state index contributed by atoms with van der Waals surface area (Å²) < 4.78 is 12.0. The van der Waals surface area contributed by atoms with Crippen LogP contribution in [-0.2, 0) is 0 Å². The van der Waals surface area contributed by atoms with Crippen molar-refractivity contribution in [1.29, 1.82) is 0 Å². The Morgan fingerprint density at radius 3 is 2.80 bits per heavy atom. The van der Waals surface area contributed by atoms with E-state index in [0.29, 0.717) is 6.61 Å². The maximum atomic E-state index is 6.12. The maximum absolute atomic E-state index is 6.12. The summed E-state index contributed by atoms with van der Waals surface area (Å²) in [4.78, 5) is 6.41. The minimum absolute atomic E-state index is 0.714. The highest BCUT2D eigenvalue weighted by molar-refractivity contribution is 6.12. The van der Waals surface area contributed by atoms with Gasteiger partial charge in [-0.15, -0.1) is 0 Å². The number of nitrogens with zero attached hydrogens (tertiary/aromatic N) is 2. The van der Waals surface area contributed by atoms with Crippen LogP contribution in [0.4, 0.5) is 0 Å². The number of fused-ring (bicyclic) bond motifs is 4. The summed E-state index contributed by atoms with van der Waals surface area (Å²) >= 11 is 0. The van der Waals surface area contributed by atoms with Gasteiger partial charge in [-0.25, -0.2) is 0 Å². The lowest BCUT2D eigenvalue weighted by Crippen LogP contribution is -2.15. The molecule has 128 valence electrons. The highest BCUT2D eigenvalue weighted by Gasteiger charge is 2.13. The first kappa shape index (κ1) is 15.9. The Hall–Kier alpha value is -2.59. The fraction of sp³-hybridized carbons (Fsp3) is 0.286. The van der Waals surface area contributed by atoms with E-state index < -0.39 is 0 Å². The highest BCUT2D eigenvalue weighted by Crippen LogP contribution is 2.36. The van der Waals surface area contributed by atoms with Gasteiger partial charge < -0.3 is 14.1 Å². The van der Waals surface area contributed by atoms with Crippen LogP contribution in [0.15, 0.2) is 47.1 Å². The molecule has 0 bridgehead atoms. The maximum Gasteiger partial charge on any atom is 0.138 e. The molecular weight excluding hydrogens is 312 g/mol. The molecule has 0 fully saturated rings. The smallest absolute Gasteiger partial charge is 0.138 e. The van der Waals surface area contributed by atoms with Gasteiger partial charge in [-0.2, -0.15) is 0 Å². The SMILES string of the molecule is Cc1c2ccncc2cc2c1oc1ccc(OCCCN(C)C)cc12. The summed E-state index contributed by atoms with van der Waals surface area (Å²) in [6.07, 6.45) is 4.73. The fourth-order valence-corrected chi connectivity index (χ4v) is 3.32. The predicted octanol–water partition coefficient (Wildman–Crippen LogP) is 4.77. The van der Waals surface area contributed by atoms with Gasteiger partial charge in [-0.1, -0.05) is 0 Å². The van der Waals surface area contributed by atoms with Gasteiger partial charge in [0.1, 0.15) is 16.9 Å². The molecule has 2 aromatic carbocycles. The number of rotatable bonds is 5. The van der Waals surface area contributed by atoms with E-state index in [1.807, 2.05) is 30.6 Å². The van der Waals surface area contributed by atoms with Gasteiger partial charge in [0.15, 0.2) is 0 Å². The number of furan rings is 1. The van der Waals surface area contributed by atoms with E-state index in [-0.39, 0.29) is 0 Å². The molecule has 0 saturated heterocycles. The van der Waals surface area contributed by atoms with Gasteiger partial charge in [-0.3, -0.25) is 4.98 Å². The van der Waals surface area contributed by atoms with Crippen LogP contribution in [0.2, 0.25) is 0 Å². The van der Waals surface area contributed by atoms with E-state index >= 15 is 0 Å². The zero-order valence-electron chi connectivity index (χ0n) is 14.9. The van der Waals surface area contributed by atoms with Gasteiger partial charge in [-0.05, 0) is 63.2 Å². The van der Waals surface area contributed by atoms with E-state index in [2.05, 4.69) is 43.0 Å². The number of benzene rings is 2. The van der Waals surface area contributed by atoms with Crippen molar-refractivity contribution in [2.75, 3.05) is 27.2 Å². The van der Waals surface area contributed by atoms with E-state index in [1.54, 1.807) is 0 Å². The van der Waals surface area contributed by atoms with Crippen LogP contribution in [0.25, 0.3) is 32.7 Å². The minimum Gasteiger partial charge on any atom is -0.494 e. The van der Waals surface area contributed by atoms with Crippen LogP contribution in [0.5, 0.6) is 5.75 Å². The van der Waals surface area contributed by atoms with Crippen molar-refractivity contribution in [1.82, 2.24) is 9.88 Å². The number of aryl methyl sites for hydroxylation is 1. The molecular formula is C21H22N2O2. The zero-order valence-corrected chi connectivity index (χ0v) is 14.9. The molecule has 0 aliphatic carbocycles. The summed E-state index contributed by atoms with van der Waals surface area (Å²) in [5.41, 5.74) is 2.99. The van der Waals surface area contributed by atoms with Gasteiger partial charge >= 0.3 is 0 Å². The summed E-state index contributed by atoms with van der Waals surface area (Å²) in [5, 5.41) is 4.52. The second-order valence-electron chi connectivity index (χ2n) is 6.74. The van der Waals surface area contributed by atoms with Crippen molar-refractivity contribution in [3.63, 3.8) is 0 Å². The molecule has 2 heterocycles. The summed E-state index contributed by atoms with van der Waals surface area (Å²) in [5.74, 6) is 0.887. The van der Waals surface area contributed by atoms with Gasteiger partial charge in [0.25, 0.3) is 0 Å². The van der Waals surface area contributed by atoms with Crippen LogP contribution >= 0.6 is 0 Å². The predicted molar refractivity (Wildman–Crippen MR) is 102 cm³/mol. The molecule has 0 N–H and O–H groups in total. The molecule has 4 rings (SSSR count). The monoisotopic (exact) mass is 334 g/mol. The van der Waals surface area contributed by atoms with Crippen LogP contribution in [0, 0.1) is 6.92 Å². The molecule has 0 unspecified atom stereocenters. The Morgan fingerprint density at radius 2 is 1.96 bits per heavy atom. The molecule has 4 heteroatoms. The van der Waals surface area contributed by atoms with Crippen molar-refractivity contribution in [3.8, 4) is 5.75 Å². The lowest BCUT2D eigenvalue weighted by Gasteiger charge is -2.10. The van der Waals surface area contributed by atoms with Gasteiger partial charge in [0, 0.05) is 40.7 Å². The average molecular weight is 334 g/mol. The first-order chi connectivity index (χ1) is 12.1. The average Bonchev–Trinajstić information content (AvgIpc) is 2.97. The summed E-state index contributed by atoms with van der Waals surface area (Å²) in [6, 6.07) is 10.3. The Kier molecular flexibility index (Phi) is 4.06. The summed E-state index contributed by atoms with van der Waals surface area (Å²) in [7, 11) is 4.15. The molecule has 25 heavy (non-hydrogen) atoms. The van der Waals surface area contributed by atoms with Crippen LogP contribution in [-0.4, -0.2) is 37.1 Å². The Labute approximate surface area is 147 Å². The van der Waals surface area contributed by atoms with Crippen molar-refractivity contribution in [2.45, 2.75) is 13.3 Å². The molecule has 0 amide bonds. The number of aromatic nitrogens is 1. The number of hydrogen-bond donors (Lipinski definition) is 0. The van der Waals surface area contributed by atoms with Crippen LogP contribution < -0.4 is 4.74 Å². The van der Waals surface area contributed by atoms with Gasteiger partial charge in [0.05, 0.1) is 6.61 Å². The molecule has 0 saturated carbocycles. The van der Waals surface area contributed by atoms with Gasteiger partial charge in [0.2, 0.25) is 0 Å². The van der Waals surface area contributed by atoms with Crippen molar-refractivity contribution < 1.29 is 9.15 Å². The van der Waals surface area contributed by atoms with Crippen LogP contribution in [0.1, 0.15) is 12.0 Å². The fourth-order valence-electron chi connectivity index (χ4n) is 3.32. The number of pyridine rings is 1. The van der Waals surface area contributed by atoms with Crippen molar-refractivity contribution in [3.05, 3.63) is 48.3 Å². The molecule has 4 nitrogen and oxygen atoms in total. The van der Waals surface area contributed by atoms with Crippen LogP contribution in [0.3, 0.4) is 0 Å². The minimum atomic E-state index is 0.714. The first-order valence-electron chi connectivity index (χ1n) is 8.60. The second-order valence-corrected chi connectivity index (χ2v) is 6.74. The standard InChI is InChI=1S/C21H22N2O2/c1-14-17-7-8-22-13-15(17)11-19-18-12-16(24-10-4-9-23(2)3)5-6-20(18)25-21(14)19/h5-8,11-13H,4,9-10H2,1-3H3. The topological polar surface area (TPSA) is 38.5 Å². The van der Waals surface area contributed by atoms with Crippen molar-refractivity contribution in [2.24, 2.45) is 0 Å². The summed E-state index contributed by atoms with van der Waals surface area (Å²) in [6.45, 7) is 3.84. The normalized spacial score (nSPS) is 11.8. The van der Waals surface area contributed by atoms with Crippen molar-refractivity contribution >= 4 is 32.7 Å². The lowest BCUT2D eigenvalue weighted by molar-refractivity contribution is 0.282. The van der Waals surface area contributed by atoms with E-state index in [1.165, 1.54) is 5.39 Å². The molecule has 0 aliphatic heterocycles. The molecule has 4 aromatic rings. The van der Waals surface area contributed by atoms with E-state index in [4.69, 9.17) is 9.15 Å². The molecule has 2 aromatic heterocycles. The molecule has 0 spiro atoms. The molecule has 0 radical (unpaired) electrons.